The van der Waals surface area contributed by atoms with Gasteiger partial charge in [0.1, 0.15) is 11.6 Å². The predicted molar refractivity (Wildman–Crippen MR) is 112 cm³/mol. The van der Waals surface area contributed by atoms with E-state index in [-0.39, 0.29) is 26.8 Å². The molecule has 31 heavy (non-hydrogen) atoms. The molecule has 2 aromatic heterocycles. The zero-order chi connectivity index (χ0) is 20.9. The molecule has 2 heterocycles. The molecule has 0 N–H and O–H groups in total. The summed E-state index contributed by atoms with van der Waals surface area (Å²) in [4.78, 5) is 8.45. The van der Waals surface area contributed by atoms with Gasteiger partial charge in [0.15, 0.2) is 0 Å². The molecule has 0 spiro atoms. The number of rotatable bonds is 3. The fraction of sp³-hybridized carbons (Fsp3) is 0.154. The van der Waals surface area contributed by atoms with E-state index in [1.807, 2.05) is 44.2 Å². The van der Waals surface area contributed by atoms with E-state index in [1.54, 1.807) is 6.20 Å². The monoisotopic (exact) mass is 591 g/mol. The van der Waals surface area contributed by atoms with Crippen LogP contribution in [0.1, 0.15) is 36.2 Å². The summed E-state index contributed by atoms with van der Waals surface area (Å²) >= 11 is 0. The van der Waals surface area contributed by atoms with Crippen molar-refractivity contribution in [2.75, 3.05) is 0 Å². The van der Waals surface area contributed by atoms with Crippen LogP contribution >= 0.6 is 0 Å². The van der Waals surface area contributed by atoms with Crippen molar-refractivity contribution < 1.29 is 29.8 Å². The first-order chi connectivity index (χ1) is 14.4. The molecule has 0 aliphatic heterocycles. The molecule has 2 aromatic carbocycles. The van der Waals surface area contributed by atoms with Gasteiger partial charge in [-0.15, -0.1) is 35.4 Å². The van der Waals surface area contributed by atoms with Gasteiger partial charge < -0.3 is 0 Å². The Hall–Kier alpha value is -2.71. The summed E-state index contributed by atoms with van der Waals surface area (Å²) in [5, 5.41) is 0. The Morgan fingerprint density at radius 3 is 2.35 bits per heavy atom. The summed E-state index contributed by atoms with van der Waals surface area (Å²) in [5.41, 5.74) is 6.32. The molecule has 0 saturated heterocycles. The summed E-state index contributed by atoms with van der Waals surface area (Å²) in [6.07, 6.45) is 3.63. The maximum absolute atomic E-state index is 14.5. The molecule has 0 amide bonds. The second-order valence-corrected chi connectivity index (χ2v) is 8.05. The Labute approximate surface area is 194 Å². The third-order valence-corrected chi connectivity index (χ3v) is 5.71. The predicted octanol–water partition coefficient (Wildman–Crippen LogP) is 5.92. The number of hydrogen-bond donors (Lipinski definition) is 0. The number of pyridine rings is 2. The Balaban J connectivity index is 0.00000231. The molecular weight excluding hydrogens is 573 g/mol. The number of fused-ring (bicyclic) bond motifs is 3. The second-order valence-electron chi connectivity index (χ2n) is 8.05. The molecule has 4 aromatic rings. The van der Waals surface area contributed by atoms with E-state index >= 15 is 0 Å². The van der Waals surface area contributed by atoms with E-state index in [2.05, 4.69) is 34.2 Å². The van der Waals surface area contributed by atoms with Crippen LogP contribution in [0.2, 0.25) is 0 Å². The summed E-state index contributed by atoms with van der Waals surface area (Å²) in [6.45, 7) is 3.75. The van der Waals surface area contributed by atoms with Crippen molar-refractivity contribution in [3.63, 3.8) is 0 Å². The van der Waals surface area contributed by atoms with Crippen molar-refractivity contribution in [3.8, 4) is 22.4 Å². The minimum atomic E-state index is -0.770. The number of halogens is 2. The molecule has 5 heteroatoms. The van der Waals surface area contributed by atoms with Crippen molar-refractivity contribution in [2.45, 2.75) is 25.7 Å². The molecule has 1 aliphatic carbocycles. The average Bonchev–Trinajstić information content (AvgIpc) is 3.11. The largest absolute Gasteiger partial charge is 2.00 e. The van der Waals surface area contributed by atoms with Crippen LogP contribution in [-0.4, -0.2) is 9.97 Å². The molecule has 0 fully saturated rings. The van der Waals surface area contributed by atoms with Crippen LogP contribution < -0.4 is 0 Å². The van der Waals surface area contributed by atoms with E-state index in [0.29, 0.717) is 0 Å². The van der Waals surface area contributed by atoms with Gasteiger partial charge in [0.2, 0.25) is 0 Å². The first kappa shape index (κ1) is 21.5. The first-order valence-corrected chi connectivity index (χ1v) is 9.77. The van der Waals surface area contributed by atoms with E-state index < -0.39 is 17.0 Å². The molecule has 0 saturated carbocycles. The van der Waals surface area contributed by atoms with Gasteiger partial charge in [0.05, 0.1) is 11.9 Å². The van der Waals surface area contributed by atoms with Gasteiger partial charge >= 0.3 is 21.1 Å². The van der Waals surface area contributed by atoms with Crippen molar-refractivity contribution in [1.29, 1.82) is 0 Å². The van der Waals surface area contributed by atoms with Crippen LogP contribution in [-0.2, 0) is 32.9 Å². The Kier molecular flexibility index (Phi) is 5.61. The molecular formula is C26H18F2N2Pt. The van der Waals surface area contributed by atoms with E-state index in [9.17, 15) is 8.78 Å². The Morgan fingerprint density at radius 2 is 1.65 bits per heavy atom. The molecule has 0 radical (unpaired) electrons. The summed E-state index contributed by atoms with van der Waals surface area (Å²) in [5.74, 6) is -1.34. The van der Waals surface area contributed by atoms with Crippen molar-refractivity contribution in [1.82, 2.24) is 9.97 Å². The van der Waals surface area contributed by atoms with Crippen molar-refractivity contribution >= 4 is 0 Å². The summed E-state index contributed by atoms with van der Waals surface area (Å²) in [7, 11) is 0. The molecule has 0 bridgehead atoms. The third kappa shape index (κ3) is 3.74. The minimum absolute atomic E-state index is 0. The van der Waals surface area contributed by atoms with Crippen molar-refractivity contribution in [2.24, 2.45) is 0 Å². The Morgan fingerprint density at radius 1 is 0.903 bits per heavy atom. The standard InChI is InChI=1S/C26H18F2N2.Pt/c1-26(2,25-23(28)14-20(27)15-30-25)19-9-8-17-11-16-6-7-18(12-21(16)22(17)13-19)24-5-3-4-10-29-24;/h3-10,14-15H,11H2,1-2H3;/q-2;+2. The molecule has 2 nitrogen and oxygen atoms in total. The quantitative estimate of drug-likeness (QED) is 0.244. The van der Waals surface area contributed by atoms with Gasteiger partial charge in [-0.05, 0) is 6.07 Å². The number of aromatic nitrogens is 2. The zero-order valence-corrected chi connectivity index (χ0v) is 19.2. The summed E-state index contributed by atoms with van der Waals surface area (Å²) < 4.78 is 27.8. The molecule has 5 rings (SSSR count). The maximum atomic E-state index is 14.5. The fourth-order valence-electron chi connectivity index (χ4n) is 4.03. The molecule has 0 atom stereocenters. The van der Waals surface area contributed by atoms with Gasteiger partial charge in [-0.2, -0.15) is 28.8 Å². The number of benzene rings is 2. The van der Waals surface area contributed by atoms with E-state index in [1.165, 1.54) is 5.56 Å². The smallest absolute Gasteiger partial charge is 0.295 e. The van der Waals surface area contributed by atoms with Crippen molar-refractivity contribution in [3.05, 3.63) is 107 Å². The maximum Gasteiger partial charge on any atom is 2.00 e. The summed E-state index contributed by atoms with van der Waals surface area (Å²) in [6, 6.07) is 21.8. The zero-order valence-electron chi connectivity index (χ0n) is 16.9. The van der Waals surface area contributed by atoms with Gasteiger partial charge in [-0.3, -0.25) is 9.97 Å². The van der Waals surface area contributed by atoms with Crippen LogP contribution in [0.5, 0.6) is 0 Å². The van der Waals surface area contributed by atoms with E-state index in [0.717, 1.165) is 52.2 Å². The first-order valence-electron chi connectivity index (χ1n) is 9.77. The topological polar surface area (TPSA) is 25.8 Å². The second kappa shape index (κ2) is 8.09. The van der Waals surface area contributed by atoms with Crippen LogP contribution in [0.3, 0.4) is 0 Å². The van der Waals surface area contributed by atoms with Gasteiger partial charge in [-0.1, -0.05) is 32.4 Å². The van der Waals surface area contributed by atoms with E-state index in [4.69, 9.17) is 0 Å². The number of hydrogen-bond acceptors (Lipinski definition) is 2. The van der Waals surface area contributed by atoms with Crippen LogP contribution in [0.15, 0.2) is 60.9 Å². The molecule has 0 unspecified atom stereocenters. The van der Waals surface area contributed by atoms with Crippen LogP contribution in [0.4, 0.5) is 8.78 Å². The molecule has 1 aliphatic rings. The van der Waals surface area contributed by atoms with Gasteiger partial charge in [0.25, 0.3) is 0 Å². The SMILES string of the molecule is CC(C)(c1[c-]c2c(cc1)Cc1ccc(-c3ccccn3)[c-]c1-2)c1ncc(F)cc1F.[Pt+2]. The minimum Gasteiger partial charge on any atom is -0.295 e. The normalized spacial score (nSPS) is 12.1. The Bertz CT molecular complexity index is 1270. The van der Waals surface area contributed by atoms with Crippen LogP contribution in [0.25, 0.3) is 22.4 Å². The number of nitrogens with zero attached hydrogens (tertiary/aromatic N) is 2. The average molecular weight is 592 g/mol. The fourth-order valence-corrected chi connectivity index (χ4v) is 4.03. The van der Waals surface area contributed by atoms with Crippen LogP contribution in [0, 0.1) is 23.8 Å². The van der Waals surface area contributed by atoms with Gasteiger partial charge in [0, 0.05) is 23.4 Å². The third-order valence-electron chi connectivity index (χ3n) is 5.71. The molecule has 156 valence electrons. The van der Waals surface area contributed by atoms with Gasteiger partial charge in [-0.25, -0.2) is 14.3 Å².